The van der Waals surface area contributed by atoms with Crippen LogP contribution in [0.25, 0.3) is 11.0 Å². The molecule has 1 saturated heterocycles. The molecule has 0 atom stereocenters. The summed E-state index contributed by atoms with van der Waals surface area (Å²) in [5, 5.41) is 18.4. The molecule has 0 aliphatic carbocycles. The fraction of sp³-hybridized carbons (Fsp3) is 0.227. The topological polar surface area (TPSA) is 120 Å². The summed E-state index contributed by atoms with van der Waals surface area (Å²) >= 11 is 7.05. The minimum absolute atomic E-state index is 0.0445. The number of fused-ring (bicyclic) bond motifs is 1. The second kappa shape index (κ2) is 10.1. The van der Waals surface area contributed by atoms with Crippen LogP contribution in [0.2, 0.25) is 0 Å². The van der Waals surface area contributed by atoms with Crippen molar-refractivity contribution in [3.05, 3.63) is 54.0 Å². The number of aromatic nitrogens is 1. The number of aliphatic carboxylic acids is 2. The zero-order valence-electron chi connectivity index (χ0n) is 18.5. The van der Waals surface area contributed by atoms with Gasteiger partial charge in [-0.05, 0) is 0 Å². The summed E-state index contributed by atoms with van der Waals surface area (Å²) in [6, 6.07) is 6.32. The molecular weight excluding hydrogens is 577 g/mol. The van der Waals surface area contributed by atoms with Crippen LogP contribution < -0.4 is 24.1 Å². The number of anilines is 1. The van der Waals surface area contributed by atoms with Crippen LogP contribution in [-0.2, 0) is 20.9 Å². The number of carbonyl (C=O) groups is 3. The number of aryl methyl sites for hydroxylation is 1. The summed E-state index contributed by atoms with van der Waals surface area (Å²) in [4.78, 5) is 51.7. The Kier molecular flexibility index (Phi) is 7.34. The number of nitrogens with zero attached hydrogens (tertiary/aromatic N) is 3. The van der Waals surface area contributed by atoms with Crippen LogP contribution in [-0.4, -0.2) is 69.9 Å². The van der Waals surface area contributed by atoms with Crippen LogP contribution in [0.15, 0.2) is 33.7 Å². The first-order valence-corrected chi connectivity index (χ1v) is 14.1. The number of thiocarbonyl (C=S) groups is 1. The zero-order valence-corrected chi connectivity index (χ0v) is 22.7. The van der Waals surface area contributed by atoms with Crippen molar-refractivity contribution in [2.45, 2.75) is 20.4 Å². The molecule has 3 heterocycles. The maximum absolute atomic E-state index is 13.1. The summed E-state index contributed by atoms with van der Waals surface area (Å²) in [5.41, 5.74) is 1.78. The van der Waals surface area contributed by atoms with E-state index in [1.165, 1.54) is 4.46 Å². The van der Waals surface area contributed by atoms with Crippen molar-refractivity contribution in [3.8, 4) is 0 Å². The van der Waals surface area contributed by atoms with Gasteiger partial charge in [-0.3, -0.25) is 0 Å². The van der Waals surface area contributed by atoms with E-state index in [2.05, 4.69) is 30.0 Å². The third-order valence-corrected chi connectivity index (χ3v) is 10.2. The Balaban J connectivity index is 1.83. The van der Waals surface area contributed by atoms with E-state index in [0.29, 0.717) is 0 Å². The number of rotatable bonds is 6. The number of thiazole rings is 1. The molecule has 9 nitrogen and oxygen atoms in total. The van der Waals surface area contributed by atoms with E-state index in [9.17, 15) is 24.3 Å². The van der Waals surface area contributed by atoms with E-state index in [1.54, 1.807) is 6.08 Å². The van der Waals surface area contributed by atoms with Gasteiger partial charge in [-0.2, -0.15) is 0 Å². The predicted molar refractivity (Wildman–Crippen MR) is 141 cm³/mol. The Labute approximate surface area is 219 Å². The van der Waals surface area contributed by atoms with E-state index < -0.39 is 36.5 Å². The van der Waals surface area contributed by atoms with Crippen molar-refractivity contribution in [1.82, 2.24) is 9.47 Å². The number of hydrogen-bond donors (Lipinski definition) is 2. The Morgan fingerprint density at radius 3 is 2.49 bits per heavy atom. The van der Waals surface area contributed by atoms with Crippen molar-refractivity contribution >= 4 is 93.6 Å². The molecule has 2 aliphatic rings. The second-order valence-corrected chi connectivity index (χ2v) is 12.4. The summed E-state index contributed by atoms with van der Waals surface area (Å²) in [7, 11) is 0. The first kappa shape index (κ1) is 25.4. The summed E-state index contributed by atoms with van der Waals surface area (Å²) in [6.07, 6.45) is 3.53. The first-order chi connectivity index (χ1) is 16.6. The van der Waals surface area contributed by atoms with Crippen LogP contribution in [0.5, 0.6) is 0 Å². The molecule has 2 aromatic rings. The first-order valence-electron chi connectivity index (χ1n) is 10.3. The normalized spacial score (nSPS) is 18.7. The number of amides is 1. The van der Waals surface area contributed by atoms with Crippen LogP contribution in [0, 0.1) is 6.92 Å². The molecule has 13 heteroatoms. The fourth-order valence-corrected chi connectivity index (χ4v) is 8.37. The quantitative estimate of drug-likeness (QED) is 0.347. The van der Waals surface area contributed by atoms with Gasteiger partial charge < -0.3 is 0 Å². The fourth-order valence-electron chi connectivity index (χ4n) is 3.59. The molecule has 2 N–H and O–H groups in total. The molecule has 1 aromatic carbocycles. The number of thioether (sulfide) groups is 1. The Morgan fingerprint density at radius 2 is 1.83 bits per heavy atom. The van der Waals surface area contributed by atoms with Gasteiger partial charge >= 0.3 is 220 Å². The minimum atomic E-state index is -1.24. The Morgan fingerprint density at radius 1 is 1.11 bits per heavy atom. The van der Waals surface area contributed by atoms with Gasteiger partial charge in [-0.1, -0.05) is 0 Å². The molecule has 0 saturated carbocycles. The van der Waals surface area contributed by atoms with Crippen LogP contribution in [0.1, 0.15) is 12.5 Å². The van der Waals surface area contributed by atoms with Crippen molar-refractivity contribution < 1.29 is 24.6 Å². The molecular formula is C22H19N3O6S3Se. The molecule has 1 aromatic heterocycles. The summed E-state index contributed by atoms with van der Waals surface area (Å²) < 4.78 is 3.80. The zero-order chi connectivity index (χ0) is 25.4. The number of carbonyl (C=O) groups excluding carboxylic acids is 1. The van der Waals surface area contributed by atoms with E-state index in [0.717, 1.165) is 55.0 Å². The van der Waals surface area contributed by atoms with Crippen molar-refractivity contribution in [3.63, 3.8) is 0 Å². The van der Waals surface area contributed by atoms with Crippen molar-refractivity contribution in [2.75, 3.05) is 18.0 Å². The van der Waals surface area contributed by atoms with Crippen molar-refractivity contribution in [1.29, 1.82) is 0 Å². The maximum atomic E-state index is 13.1. The van der Waals surface area contributed by atoms with Gasteiger partial charge in [0.05, 0.1) is 0 Å². The second-order valence-electron chi connectivity index (χ2n) is 7.53. The van der Waals surface area contributed by atoms with E-state index in [4.69, 9.17) is 17.3 Å². The number of allylic oxidation sites excluding steroid dienone is 1. The Bertz CT molecular complexity index is 1490. The molecule has 1 fully saturated rings. The molecule has 0 spiro atoms. The third kappa shape index (κ3) is 5.00. The Hall–Kier alpha value is -2.70. The van der Waals surface area contributed by atoms with Crippen LogP contribution in [0.3, 0.4) is 0 Å². The third-order valence-electron chi connectivity index (χ3n) is 5.12. The summed E-state index contributed by atoms with van der Waals surface area (Å²) in [6.45, 7) is 3.61. The average molecular weight is 597 g/mol. The molecule has 0 radical (unpaired) electrons. The van der Waals surface area contributed by atoms with Gasteiger partial charge in [0.25, 0.3) is 0 Å². The number of benzene rings is 1. The van der Waals surface area contributed by atoms with E-state index in [1.807, 2.05) is 13.0 Å². The van der Waals surface area contributed by atoms with Crippen LogP contribution in [0.4, 0.5) is 5.69 Å². The van der Waals surface area contributed by atoms with Gasteiger partial charge in [0.2, 0.25) is 0 Å². The molecule has 0 bridgehead atoms. The molecule has 4 rings (SSSR count). The molecule has 0 unspecified atom stereocenters. The van der Waals surface area contributed by atoms with E-state index in [-0.39, 0.29) is 33.4 Å². The van der Waals surface area contributed by atoms with Gasteiger partial charge in [0.1, 0.15) is 0 Å². The number of hydrogen-bond acceptors (Lipinski definition) is 8. The molecule has 35 heavy (non-hydrogen) atoms. The predicted octanol–water partition coefficient (Wildman–Crippen LogP) is -0.153. The van der Waals surface area contributed by atoms with Gasteiger partial charge in [-0.25, -0.2) is 0 Å². The number of carboxylic acid groups (broad SMARTS) is 2. The number of carboxylic acids is 2. The average Bonchev–Trinajstić information content (AvgIpc) is 3.38. The monoisotopic (exact) mass is 597 g/mol. The van der Waals surface area contributed by atoms with Gasteiger partial charge in [0.15, 0.2) is 0 Å². The molecule has 182 valence electrons. The van der Waals surface area contributed by atoms with Crippen LogP contribution >= 0.6 is 35.3 Å². The SMILES string of the molecule is CCN1/C(=C/C=c2/s/c(=C3\SC(=S)N(CC(=O)O)C3=O)n(CC(=O)O)c2=O)[Se]c2ccc(C)cc21. The summed E-state index contributed by atoms with van der Waals surface area (Å²) in [5.74, 6) is -3.12. The van der Waals surface area contributed by atoms with Gasteiger partial charge in [0, 0.05) is 0 Å². The van der Waals surface area contributed by atoms with Gasteiger partial charge in [-0.15, -0.1) is 0 Å². The molecule has 2 aliphatic heterocycles. The molecule has 1 amide bonds. The standard InChI is InChI=1S/C22H19N3O6S3Se/c1-3-23-12-8-11(2)4-6-14(12)35-15(23)7-5-13-19(30)24(9-16(26)27)21(33-13)18-20(31)25(10-17(28)29)22(32)34-18/h4-8H,3,9-10H2,1-2H3,(H,26,27)(H,28,29)/b13-5+,15-7-,21-18-. The van der Waals surface area contributed by atoms with Crippen molar-refractivity contribution in [2.24, 2.45) is 0 Å². The van der Waals surface area contributed by atoms with E-state index >= 15 is 0 Å².